The van der Waals surface area contributed by atoms with Crippen molar-refractivity contribution >= 4 is 11.9 Å². The van der Waals surface area contributed by atoms with E-state index >= 15 is 0 Å². The van der Waals surface area contributed by atoms with Gasteiger partial charge in [-0.1, -0.05) is 25.1 Å². The number of alkyl halides is 2. The molecule has 0 spiro atoms. The summed E-state index contributed by atoms with van der Waals surface area (Å²) in [5, 5.41) is 2.79. The second-order valence-corrected chi connectivity index (χ2v) is 6.53. The van der Waals surface area contributed by atoms with Gasteiger partial charge in [0, 0.05) is 19.6 Å². The minimum Gasteiger partial charge on any atom is -0.496 e. The minimum absolute atomic E-state index is 0.247. The average molecular weight is 455 g/mol. The van der Waals surface area contributed by atoms with Crippen molar-refractivity contribution in [3.05, 3.63) is 65.0 Å². The first-order valence-corrected chi connectivity index (χ1v) is 9.90. The van der Waals surface area contributed by atoms with E-state index in [4.69, 9.17) is 14.2 Å². The standard InChI is InChI=1S/C22H26FNO5.CH2F2/c1-4-11-29-20(22(26)28-3)13-16-7-10-19(27-2)18(12-16)21(25)24-14-15-5-8-17(23)9-6-15;2-1-3/h5-10,12,20H,4,11,13-14H2,1-3H3,(H,24,25);1H2. The number of methoxy groups -OCH3 is 2. The molecule has 2 rings (SSSR count). The summed E-state index contributed by atoms with van der Waals surface area (Å²) >= 11 is 0. The van der Waals surface area contributed by atoms with Crippen molar-refractivity contribution in [3.8, 4) is 5.75 Å². The SMILES string of the molecule is CCCOC(Cc1ccc(OC)c(C(=O)NCc2ccc(F)cc2)c1)C(=O)OC.FCF. The lowest BCUT2D eigenvalue weighted by molar-refractivity contribution is -0.154. The smallest absolute Gasteiger partial charge is 0.335 e. The first kappa shape index (κ1) is 27.0. The molecule has 0 saturated carbocycles. The van der Waals surface area contributed by atoms with E-state index in [-0.39, 0.29) is 24.7 Å². The molecule has 32 heavy (non-hydrogen) atoms. The van der Waals surface area contributed by atoms with Crippen molar-refractivity contribution in [2.45, 2.75) is 32.4 Å². The average Bonchev–Trinajstić information content (AvgIpc) is 2.81. The molecule has 0 aromatic heterocycles. The van der Waals surface area contributed by atoms with Crippen LogP contribution in [0.1, 0.15) is 34.8 Å². The van der Waals surface area contributed by atoms with Crippen LogP contribution < -0.4 is 10.1 Å². The van der Waals surface area contributed by atoms with Gasteiger partial charge in [-0.05, 0) is 41.8 Å². The fraction of sp³-hybridized carbons (Fsp3) is 0.391. The van der Waals surface area contributed by atoms with Crippen molar-refractivity contribution in [2.75, 3.05) is 27.8 Å². The van der Waals surface area contributed by atoms with E-state index in [1.807, 2.05) is 6.92 Å². The number of hydrogen-bond donors (Lipinski definition) is 1. The number of rotatable bonds is 10. The molecule has 1 unspecified atom stereocenters. The molecule has 0 radical (unpaired) electrons. The van der Waals surface area contributed by atoms with Crippen molar-refractivity contribution in [1.82, 2.24) is 5.32 Å². The van der Waals surface area contributed by atoms with Gasteiger partial charge in [0.25, 0.3) is 5.91 Å². The lowest BCUT2D eigenvalue weighted by atomic mass is 10.0. The van der Waals surface area contributed by atoms with Crippen molar-refractivity contribution in [3.63, 3.8) is 0 Å². The number of ether oxygens (including phenoxy) is 3. The zero-order valence-corrected chi connectivity index (χ0v) is 18.3. The summed E-state index contributed by atoms with van der Waals surface area (Å²) in [6.45, 7) is 0.878. The van der Waals surface area contributed by atoms with Crippen molar-refractivity contribution in [2.24, 2.45) is 0 Å². The highest BCUT2D eigenvalue weighted by atomic mass is 19.3. The highest BCUT2D eigenvalue weighted by Crippen LogP contribution is 2.22. The van der Waals surface area contributed by atoms with Gasteiger partial charge in [-0.3, -0.25) is 4.79 Å². The summed E-state index contributed by atoms with van der Waals surface area (Å²) in [6.07, 6.45) is 0.297. The molecule has 0 heterocycles. The predicted octanol–water partition coefficient (Wildman–Crippen LogP) is 4.16. The Balaban J connectivity index is 0.00000161. The number of nitrogens with one attached hydrogen (secondary N) is 1. The maximum absolute atomic E-state index is 13.0. The van der Waals surface area contributed by atoms with Gasteiger partial charge in [-0.2, -0.15) is 0 Å². The van der Waals surface area contributed by atoms with Crippen molar-refractivity contribution in [1.29, 1.82) is 0 Å². The number of esters is 1. The Morgan fingerprint density at radius 2 is 1.66 bits per heavy atom. The van der Waals surface area contributed by atoms with E-state index in [0.717, 1.165) is 17.5 Å². The van der Waals surface area contributed by atoms with E-state index < -0.39 is 19.0 Å². The summed E-state index contributed by atoms with van der Waals surface area (Å²) in [4.78, 5) is 24.6. The molecule has 1 N–H and O–H groups in total. The second-order valence-electron chi connectivity index (χ2n) is 6.53. The maximum atomic E-state index is 13.0. The summed E-state index contributed by atoms with van der Waals surface area (Å²) in [5.74, 6) is -0.719. The Morgan fingerprint density at radius 3 is 2.22 bits per heavy atom. The molecule has 6 nitrogen and oxygen atoms in total. The number of halogens is 3. The van der Waals surface area contributed by atoms with E-state index in [0.29, 0.717) is 17.9 Å². The molecule has 1 amide bonds. The van der Waals surface area contributed by atoms with Gasteiger partial charge in [-0.15, -0.1) is 0 Å². The molecule has 0 fully saturated rings. The van der Waals surface area contributed by atoms with Crippen molar-refractivity contribution < 1.29 is 37.0 Å². The highest BCUT2D eigenvalue weighted by Gasteiger charge is 2.22. The minimum atomic E-state index is -1.75. The van der Waals surface area contributed by atoms with Crippen LogP contribution in [0.2, 0.25) is 0 Å². The van der Waals surface area contributed by atoms with E-state index in [1.54, 1.807) is 30.3 Å². The fourth-order valence-corrected chi connectivity index (χ4v) is 2.76. The predicted molar refractivity (Wildman–Crippen MR) is 113 cm³/mol. The van der Waals surface area contributed by atoms with Crippen LogP contribution in [-0.4, -0.2) is 45.7 Å². The van der Waals surface area contributed by atoms with Crippen LogP contribution >= 0.6 is 0 Å². The lowest BCUT2D eigenvalue weighted by Crippen LogP contribution is -2.29. The molecule has 0 aliphatic rings. The van der Waals surface area contributed by atoms with Crippen LogP contribution in [0.25, 0.3) is 0 Å². The van der Waals surface area contributed by atoms with E-state index in [9.17, 15) is 22.8 Å². The Labute approximate surface area is 185 Å². The summed E-state index contributed by atoms with van der Waals surface area (Å²) in [7, 11) is 2.79. The van der Waals surface area contributed by atoms with E-state index in [1.165, 1.54) is 26.4 Å². The summed E-state index contributed by atoms with van der Waals surface area (Å²) in [6, 6.07) is 11.0. The van der Waals surface area contributed by atoms with Crippen LogP contribution in [0.4, 0.5) is 13.2 Å². The molecule has 2 aromatic carbocycles. The molecule has 9 heteroatoms. The lowest BCUT2D eigenvalue weighted by Gasteiger charge is -2.17. The zero-order valence-electron chi connectivity index (χ0n) is 18.3. The molecule has 176 valence electrons. The van der Waals surface area contributed by atoms with Gasteiger partial charge < -0.3 is 19.5 Å². The van der Waals surface area contributed by atoms with Gasteiger partial charge in [0.1, 0.15) is 11.6 Å². The molecule has 0 saturated heterocycles. The number of hydrogen-bond acceptors (Lipinski definition) is 5. The molecule has 2 aromatic rings. The fourth-order valence-electron chi connectivity index (χ4n) is 2.76. The normalized spacial score (nSPS) is 11.1. The first-order chi connectivity index (χ1) is 15.4. The number of carbonyl (C=O) groups excluding carboxylic acids is 2. The topological polar surface area (TPSA) is 73.9 Å². The zero-order chi connectivity index (χ0) is 23.9. The van der Waals surface area contributed by atoms with Crippen LogP contribution in [0, 0.1) is 5.82 Å². The number of amides is 1. The van der Waals surface area contributed by atoms with Crippen LogP contribution in [0.5, 0.6) is 5.75 Å². The second kappa shape index (κ2) is 14.9. The van der Waals surface area contributed by atoms with Crippen LogP contribution in [-0.2, 0) is 27.2 Å². The monoisotopic (exact) mass is 455 g/mol. The summed E-state index contributed by atoms with van der Waals surface area (Å²) in [5.41, 5.74) is 1.85. The van der Waals surface area contributed by atoms with Crippen LogP contribution in [0.3, 0.4) is 0 Å². The molecular weight excluding hydrogens is 427 g/mol. The molecule has 1 atom stereocenters. The van der Waals surface area contributed by atoms with E-state index in [2.05, 4.69) is 5.32 Å². The maximum Gasteiger partial charge on any atom is 0.335 e. The van der Waals surface area contributed by atoms with Gasteiger partial charge in [0.2, 0.25) is 6.93 Å². The Morgan fingerprint density at radius 1 is 1.03 bits per heavy atom. The number of carbonyl (C=O) groups is 2. The Hall–Kier alpha value is -3.07. The third-order valence-corrected chi connectivity index (χ3v) is 4.28. The Bertz CT molecular complexity index is 846. The van der Waals surface area contributed by atoms with Gasteiger partial charge >= 0.3 is 5.97 Å². The molecule has 0 bridgehead atoms. The van der Waals surface area contributed by atoms with Gasteiger partial charge in [0.15, 0.2) is 6.10 Å². The van der Waals surface area contributed by atoms with Gasteiger partial charge in [-0.25, -0.2) is 18.0 Å². The summed E-state index contributed by atoms with van der Waals surface area (Å²) < 4.78 is 47.9. The number of benzene rings is 2. The Kier molecular flexibility index (Phi) is 12.5. The highest BCUT2D eigenvalue weighted by molar-refractivity contribution is 5.97. The van der Waals surface area contributed by atoms with Gasteiger partial charge in [0.05, 0.1) is 19.8 Å². The molecule has 0 aliphatic carbocycles. The molecular formula is C23H28F3NO5. The van der Waals surface area contributed by atoms with Crippen LogP contribution in [0.15, 0.2) is 42.5 Å². The molecule has 0 aliphatic heterocycles. The largest absolute Gasteiger partial charge is 0.496 e. The third kappa shape index (κ3) is 8.97. The third-order valence-electron chi connectivity index (χ3n) is 4.28. The first-order valence-electron chi connectivity index (χ1n) is 9.90. The quantitative estimate of drug-likeness (QED) is 0.545.